The van der Waals surface area contributed by atoms with Crippen LogP contribution in [0.4, 0.5) is 5.82 Å². The van der Waals surface area contributed by atoms with Gasteiger partial charge in [0.15, 0.2) is 0 Å². The lowest BCUT2D eigenvalue weighted by Crippen LogP contribution is -2.45. The molecule has 1 fully saturated rings. The van der Waals surface area contributed by atoms with Gasteiger partial charge >= 0.3 is 0 Å². The third-order valence-electron chi connectivity index (χ3n) is 5.83. The Morgan fingerprint density at radius 1 is 1.11 bits per heavy atom. The summed E-state index contributed by atoms with van der Waals surface area (Å²) in [7, 11) is 0. The molecule has 2 aromatic heterocycles. The summed E-state index contributed by atoms with van der Waals surface area (Å²) in [6.07, 6.45) is 8.20. The molecule has 144 valence electrons. The van der Waals surface area contributed by atoms with E-state index in [2.05, 4.69) is 25.2 Å². The highest BCUT2D eigenvalue weighted by Gasteiger charge is 2.25. The van der Waals surface area contributed by atoms with Gasteiger partial charge in [-0.25, -0.2) is 15.0 Å². The number of amides is 1. The van der Waals surface area contributed by atoms with E-state index in [0.717, 1.165) is 54.8 Å². The quantitative estimate of drug-likeness (QED) is 0.739. The Bertz CT molecular complexity index is 1010. The van der Waals surface area contributed by atoms with E-state index in [9.17, 15) is 4.79 Å². The zero-order valence-corrected chi connectivity index (χ0v) is 16.5. The van der Waals surface area contributed by atoms with Gasteiger partial charge in [-0.1, -0.05) is 0 Å². The molecule has 7 heteroatoms. The molecule has 28 heavy (non-hydrogen) atoms. The summed E-state index contributed by atoms with van der Waals surface area (Å²) < 4.78 is 1.05. The van der Waals surface area contributed by atoms with E-state index in [-0.39, 0.29) is 11.9 Å². The number of nitrogens with one attached hydrogen (secondary N) is 1. The summed E-state index contributed by atoms with van der Waals surface area (Å²) in [6, 6.07) is 5.92. The predicted molar refractivity (Wildman–Crippen MR) is 111 cm³/mol. The maximum absolute atomic E-state index is 12.7. The Morgan fingerprint density at radius 2 is 1.96 bits per heavy atom. The maximum atomic E-state index is 12.7. The molecule has 3 heterocycles. The number of benzene rings is 1. The van der Waals surface area contributed by atoms with E-state index in [4.69, 9.17) is 0 Å². The van der Waals surface area contributed by atoms with Gasteiger partial charge in [-0.2, -0.15) is 0 Å². The van der Waals surface area contributed by atoms with Crippen LogP contribution in [-0.4, -0.2) is 40.0 Å². The van der Waals surface area contributed by atoms with Crippen molar-refractivity contribution in [1.82, 2.24) is 20.3 Å². The van der Waals surface area contributed by atoms with Gasteiger partial charge in [0.2, 0.25) is 0 Å². The lowest BCUT2D eigenvalue weighted by atomic mass is 9.95. The molecular formula is C21H23N5OS. The Hall–Kier alpha value is -2.54. The van der Waals surface area contributed by atoms with Crippen LogP contribution in [0, 0.1) is 0 Å². The largest absolute Gasteiger partial charge is 0.356 e. The molecule has 0 saturated carbocycles. The summed E-state index contributed by atoms with van der Waals surface area (Å²) in [5.41, 5.74) is 6.04. The van der Waals surface area contributed by atoms with Crippen molar-refractivity contribution in [2.75, 3.05) is 18.0 Å². The number of carbonyl (C=O) groups is 1. The molecule has 0 atom stereocenters. The standard InChI is InChI=1S/C21H23N5OS/c27-21(14-5-6-18-19(11-14)28-13-24-18)25-15-7-9-26(10-8-15)20-16-3-1-2-4-17(16)22-12-23-20/h5-6,11-13,15H,1-4,7-10H2,(H,25,27). The highest BCUT2D eigenvalue weighted by atomic mass is 32.1. The van der Waals surface area contributed by atoms with E-state index in [0.29, 0.717) is 5.56 Å². The number of hydrogen-bond donors (Lipinski definition) is 1. The molecule has 3 aromatic rings. The Labute approximate surface area is 168 Å². The number of aryl methyl sites for hydroxylation is 1. The van der Waals surface area contributed by atoms with Gasteiger partial charge in [0, 0.05) is 36.0 Å². The third-order valence-corrected chi connectivity index (χ3v) is 6.62. The van der Waals surface area contributed by atoms with E-state index >= 15 is 0 Å². The molecule has 6 nitrogen and oxygen atoms in total. The Kier molecular flexibility index (Phi) is 4.68. The highest BCUT2D eigenvalue weighted by Crippen LogP contribution is 2.29. The maximum Gasteiger partial charge on any atom is 0.251 e. The fraction of sp³-hybridized carbons (Fsp3) is 0.429. The van der Waals surface area contributed by atoms with Crippen molar-refractivity contribution in [2.45, 2.75) is 44.6 Å². The van der Waals surface area contributed by atoms with Crippen molar-refractivity contribution in [3.05, 3.63) is 46.9 Å². The van der Waals surface area contributed by atoms with Crippen molar-refractivity contribution in [3.8, 4) is 0 Å². The molecule has 5 rings (SSSR count). The minimum absolute atomic E-state index is 0.00756. The van der Waals surface area contributed by atoms with Crippen LogP contribution in [0.2, 0.25) is 0 Å². The molecule has 1 aliphatic carbocycles. The second-order valence-electron chi connectivity index (χ2n) is 7.60. The third kappa shape index (κ3) is 3.35. The van der Waals surface area contributed by atoms with Crippen molar-refractivity contribution in [3.63, 3.8) is 0 Å². The zero-order chi connectivity index (χ0) is 18.9. The highest BCUT2D eigenvalue weighted by molar-refractivity contribution is 7.16. The molecule has 2 aliphatic rings. The molecular weight excluding hydrogens is 370 g/mol. The zero-order valence-electron chi connectivity index (χ0n) is 15.7. The summed E-state index contributed by atoms with van der Waals surface area (Å²) in [5.74, 6) is 1.12. The minimum Gasteiger partial charge on any atom is -0.356 e. The lowest BCUT2D eigenvalue weighted by molar-refractivity contribution is 0.0931. The van der Waals surface area contributed by atoms with Crippen LogP contribution in [0.25, 0.3) is 10.2 Å². The SMILES string of the molecule is O=C(NC1CCN(c2ncnc3c2CCCC3)CC1)c1ccc2ncsc2c1. The molecule has 1 N–H and O–H groups in total. The van der Waals surface area contributed by atoms with Crippen LogP contribution in [0.3, 0.4) is 0 Å². The van der Waals surface area contributed by atoms with E-state index < -0.39 is 0 Å². The van der Waals surface area contributed by atoms with Gasteiger partial charge in [0.25, 0.3) is 5.91 Å². The number of piperidine rings is 1. The molecule has 1 saturated heterocycles. The number of rotatable bonds is 3. The van der Waals surface area contributed by atoms with Gasteiger partial charge in [0.1, 0.15) is 12.1 Å². The minimum atomic E-state index is 0.00756. The van der Waals surface area contributed by atoms with Crippen molar-refractivity contribution >= 4 is 33.3 Å². The molecule has 1 aromatic carbocycles. The molecule has 0 bridgehead atoms. The number of nitrogens with zero attached hydrogens (tertiary/aromatic N) is 4. The number of anilines is 1. The van der Waals surface area contributed by atoms with Crippen LogP contribution < -0.4 is 10.2 Å². The second kappa shape index (κ2) is 7.47. The Morgan fingerprint density at radius 3 is 2.86 bits per heavy atom. The van der Waals surface area contributed by atoms with Crippen LogP contribution >= 0.6 is 11.3 Å². The van der Waals surface area contributed by atoms with E-state index in [1.807, 2.05) is 23.7 Å². The van der Waals surface area contributed by atoms with Gasteiger partial charge in [-0.3, -0.25) is 4.79 Å². The second-order valence-corrected chi connectivity index (χ2v) is 8.49. The molecule has 1 amide bonds. The fourth-order valence-corrected chi connectivity index (χ4v) is 4.99. The van der Waals surface area contributed by atoms with E-state index in [1.54, 1.807) is 17.7 Å². The van der Waals surface area contributed by atoms with Gasteiger partial charge in [0.05, 0.1) is 15.7 Å². The first-order valence-corrected chi connectivity index (χ1v) is 10.9. The van der Waals surface area contributed by atoms with Crippen LogP contribution in [0.15, 0.2) is 30.0 Å². The number of carbonyl (C=O) groups excluding carboxylic acids is 1. The number of aromatic nitrogens is 3. The predicted octanol–water partition coefficient (Wildman–Crippen LogP) is 3.36. The first-order chi connectivity index (χ1) is 13.8. The van der Waals surface area contributed by atoms with Crippen LogP contribution in [-0.2, 0) is 12.8 Å². The summed E-state index contributed by atoms with van der Waals surface area (Å²) in [5, 5.41) is 3.21. The van der Waals surface area contributed by atoms with Crippen molar-refractivity contribution < 1.29 is 4.79 Å². The van der Waals surface area contributed by atoms with Crippen molar-refractivity contribution in [1.29, 1.82) is 0 Å². The molecule has 1 aliphatic heterocycles. The molecule has 0 unspecified atom stereocenters. The molecule has 0 radical (unpaired) electrons. The topological polar surface area (TPSA) is 71.0 Å². The average molecular weight is 394 g/mol. The van der Waals surface area contributed by atoms with E-state index in [1.165, 1.54) is 24.1 Å². The normalized spacial score (nSPS) is 17.5. The molecule has 0 spiro atoms. The number of hydrogen-bond acceptors (Lipinski definition) is 6. The van der Waals surface area contributed by atoms with Gasteiger partial charge in [-0.05, 0) is 56.7 Å². The number of fused-ring (bicyclic) bond motifs is 2. The lowest BCUT2D eigenvalue weighted by Gasteiger charge is -2.35. The van der Waals surface area contributed by atoms with Gasteiger partial charge < -0.3 is 10.2 Å². The Balaban J connectivity index is 1.23. The smallest absolute Gasteiger partial charge is 0.251 e. The fourth-order valence-electron chi connectivity index (χ4n) is 4.28. The first-order valence-electron chi connectivity index (χ1n) is 10.00. The number of thiazole rings is 1. The van der Waals surface area contributed by atoms with Crippen LogP contribution in [0.1, 0.15) is 47.3 Å². The average Bonchev–Trinajstić information content (AvgIpc) is 3.22. The van der Waals surface area contributed by atoms with Crippen LogP contribution in [0.5, 0.6) is 0 Å². The first kappa shape index (κ1) is 17.6. The summed E-state index contributed by atoms with van der Waals surface area (Å²) in [4.78, 5) is 28.4. The summed E-state index contributed by atoms with van der Waals surface area (Å²) >= 11 is 1.56. The monoisotopic (exact) mass is 393 g/mol. The van der Waals surface area contributed by atoms with Crippen molar-refractivity contribution in [2.24, 2.45) is 0 Å². The van der Waals surface area contributed by atoms with Gasteiger partial charge in [-0.15, -0.1) is 11.3 Å². The summed E-state index contributed by atoms with van der Waals surface area (Å²) in [6.45, 7) is 1.84.